The van der Waals surface area contributed by atoms with E-state index < -0.39 is 0 Å². The van der Waals surface area contributed by atoms with Crippen molar-refractivity contribution in [3.8, 4) is 11.1 Å². The second kappa shape index (κ2) is 7.67. The Morgan fingerprint density at radius 2 is 1.77 bits per heavy atom. The molecule has 1 aliphatic rings. The van der Waals surface area contributed by atoms with Crippen molar-refractivity contribution in [2.45, 2.75) is 12.8 Å². The molecule has 0 radical (unpaired) electrons. The summed E-state index contributed by atoms with van der Waals surface area (Å²) in [4.78, 5) is 40.6. The number of benzene rings is 2. The SMILES string of the molecule is O=C1CCCN(C(=O)c2cc(-c3ccccc3)c(=O)n3ccc4ccc(Cl)cc4c23)C1. The lowest BCUT2D eigenvalue weighted by Gasteiger charge is -2.26. The fourth-order valence-corrected chi connectivity index (χ4v) is 4.43. The van der Waals surface area contributed by atoms with Gasteiger partial charge in [0.05, 0.1) is 17.6 Å². The number of carbonyl (C=O) groups excluding carboxylic acids is 2. The molecular weight excluding hydrogens is 412 g/mol. The molecule has 154 valence electrons. The molecule has 5 nitrogen and oxygen atoms in total. The van der Waals surface area contributed by atoms with E-state index in [0.29, 0.717) is 41.1 Å². The van der Waals surface area contributed by atoms with Crippen molar-refractivity contribution in [1.29, 1.82) is 0 Å². The highest BCUT2D eigenvalue weighted by atomic mass is 35.5. The van der Waals surface area contributed by atoms with Crippen LogP contribution in [-0.4, -0.2) is 34.1 Å². The molecule has 0 spiro atoms. The van der Waals surface area contributed by atoms with Crippen LogP contribution in [0.5, 0.6) is 0 Å². The lowest BCUT2D eigenvalue weighted by molar-refractivity contribution is -0.121. The summed E-state index contributed by atoms with van der Waals surface area (Å²) in [5.41, 5.74) is 1.85. The van der Waals surface area contributed by atoms with Gasteiger partial charge in [0, 0.05) is 35.1 Å². The summed E-state index contributed by atoms with van der Waals surface area (Å²) in [6, 6.07) is 18.2. The van der Waals surface area contributed by atoms with Gasteiger partial charge < -0.3 is 4.90 Å². The number of pyridine rings is 2. The van der Waals surface area contributed by atoms with E-state index in [2.05, 4.69) is 0 Å². The van der Waals surface area contributed by atoms with Crippen molar-refractivity contribution in [2.24, 2.45) is 0 Å². The van der Waals surface area contributed by atoms with Crippen molar-refractivity contribution in [2.75, 3.05) is 13.1 Å². The van der Waals surface area contributed by atoms with Crippen LogP contribution in [0.4, 0.5) is 0 Å². The maximum Gasteiger partial charge on any atom is 0.263 e. The number of amides is 1. The number of aromatic nitrogens is 1. The van der Waals surface area contributed by atoms with Crippen LogP contribution < -0.4 is 5.56 Å². The predicted octanol–water partition coefficient (Wildman–Crippen LogP) is 4.58. The summed E-state index contributed by atoms with van der Waals surface area (Å²) in [5, 5.41) is 2.12. The van der Waals surface area contributed by atoms with Crippen molar-refractivity contribution < 1.29 is 9.59 Å². The maximum absolute atomic E-state index is 13.6. The Labute approximate surface area is 183 Å². The van der Waals surface area contributed by atoms with Gasteiger partial charge >= 0.3 is 0 Å². The molecule has 5 rings (SSSR count). The van der Waals surface area contributed by atoms with Gasteiger partial charge in [-0.3, -0.25) is 18.8 Å². The minimum Gasteiger partial charge on any atom is -0.331 e. The fraction of sp³-hybridized carbons (Fsp3) is 0.160. The molecule has 0 saturated carbocycles. The highest BCUT2D eigenvalue weighted by molar-refractivity contribution is 6.31. The van der Waals surface area contributed by atoms with E-state index >= 15 is 0 Å². The number of likely N-dealkylation sites (tertiary alicyclic amines) is 1. The second-order valence-electron chi connectivity index (χ2n) is 7.78. The Morgan fingerprint density at radius 1 is 0.968 bits per heavy atom. The van der Waals surface area contributed by atoms with E-state index in [1.54, 1.807) is 29.3 Å². The van der Waals surface area contributed by atoms with Crippen molar-refractivity contribution in [3.63, 3.8) is 0 Å². The number of piperidine rings is 1. The first-order valence-electron chi connectivity index (χ1n) is 10.2. The summed E-state index contributed by atoms with van der Waals surface area (Å²) >= 11 is 6.26. The number of rotatable bonds is 2. The minimum atomic E-state index is -0.254. The zero-order chi connectivity index (χ0) is 21.5. The Bertz CT molecular complexity index is 1410. The predicted molar refractivity (Wildman–Crippen MR) is 122 cm³/mol. The first-order valence-corrected chi connectivity index (χ1v) is 10.5. The van der Waals surface area contributed by atoms with Crippen LogP contribution in [0.2, 0.25) is 5.02 Å². The van der Waals surface area contributed by atoms with Crippen molar-refractivity contribution in [1.82, 2.24) is 9.30 Å². The molecule has 0 unspecified atom stereocenters. The number of fused-ring (bicyclic) bond motifs is 3. The van der Waals surface area contributed by atoms with Gasteiger partial charge in [0.2, 0.25) is 0 Å². The molecule has 1 aliphatic heterocycles. The van der Waals surface area contributed by atoms with Gasteiger partial charge in [0.15, 0.2) is 5.78 Å². The van der Waals surface area contributed by atoms with Gasteiger partial charge in [0.25, 0.3) is 11.5 Å². The van der Waals surface area contributed by atoms with Crippen LogP contribution in [0.1, 0.15) is 23.2 Å². The van der Waals surface area contributed by atoms with Crippen LogP contribution in [0.3, 0.4) is 0 Å². The van der Waals surface area contributed by atoms with Gasteiger partial charge in [-0.15, -0.1) is 0 Å². The topological polar surface area (TPSA) is 58.9 Å². The average molecular weight is 431 g/mol. The monoisotopic (exact) mass is 430 g/mol. The van der Waals surface area contributed by atoms with Crippen LogP contribution in [0, 0.1) is 0 Å². The molecule has 1 saturated heterocycles. The molecule has 6 heteroatoms. The molecule has 3 heterocycles. The third kappa shape index (κ3) is 3.41. The number of halogens is 1. The average Bonchev–Trinajstić information content (AvgIpc) is 2.79. The highest BCUT2D eigenvalue weighted by Crippen LogP contribution is 2.29. The Balaban J connectivity index is 1.85. The third-order valence-electron chi connectivity index (χ3n) is 5.76. The van der Waals surface area contributed by atoms with Crippen LogP contribution in [-0.2, 0) is 4.79 Å². The summed E-state index contributed by atoms with van der Waals surface area (Å²) < 4.78 is 1.51. The second-order valence-corrected chi connectivity index (χ2v) is 8.21. The molecule has 0 aliphatic carbocycles. The summed E-state index contributed by atoms with van der Waals surface area (Å²) in [6.07, 6.45) is 2.83. The largest absolute Gasteiger partial charge is 0.331 e. The molecule has 2 aromatic heterocycles. The molecule has 2 aromatic carbocycles. The quantitative estimate of drug-likeness (QED) is 0.437. The maximum atomic E-state index is 13.6. The molecule has 31 heavy (non-hydrogen) atoms. The Kier molecular flexibility index (Phi) is 4.83. The Hall–Kier alpha value is -3.44. The van der Waals surface area contributed by atoms with E-state index in [9.17, 15) is 14.4 Å². The van der Waals surface area contributed by atoms with Gasteiger partial charge in [-0.05, 0) is 41.6 Å². The van der Waals surface area contributed by atoms with Crippen molar-refractivity contribution in [3.05, 3.63) is 87.8 Å². The number of Topliss-reactive ketones (excluding diaryl/α,β-unsaturated/α-hetero) is 1. The first kappa shape index (κ1) is 19.5. The third-order valence-corrected chi connectivity index (χ3v) is 6.00. The van der Waals surface area contributed by atoms with E-state index in [1.807, 2.05) is 42.5 Å². The van der Waals surface area contributed by atoms with Crippen LogP contribution in [0.15, 0.2) is 71.7 Å². The van der Waals surface area contributed by atoms with Gasteiger partial charge in [-0.25, -0.2) is 0 Å². The number of hydrogen-bond acceptors (Lipinski definition) is 3. The fourth-order valence-electron chi connectivity index (χ4n) is 4.26. The van der Waals surface area contributed by atoms with E-state index in [0.717, 1.165) is 16.3 Å². The van der Waals surface area contributed by atoms with Gasteiger partial charge in [-0.2, -0.15) is 0 Å². The highest BCUT2D eigenvalue weighted by Gasteiger charge is 2.26. The zero-order valence-corrected chi connectivity index (χ0v) is 17.4. The lowest BCUT2D eigenvalue weighted by atomic mass is 9.99. The number of ketones is 1. The molecule has 0 N–H and O–H groups in total. The first-order chi connectivity index (χ1) is 15.0. The zero-order valence-electron chi connectivity index (χ0n) is 16.7. The molecule has 1 amide bonds. The smallest absolute Gasteiger partial charge is 0.263 e. The molecule has 0 bridgehead atoms. The molecular formula is C25H19ClN2O3. The molecule has 4 aromatic rings. The number of carbonyl (C=O) groups is 2. The number of hydrogen-bond donors (Lipinski definition) is 0. The summed E-state index contributed by atoms with van der Waals surface area (Å²) in [6.45, 7) is 0.609. The van der Waals surface area contributed by atoms with Gasteiger partial charge in [0.1, 0.15) is 0 Å². The normalized spacial score (nSPS) is 14.4. The van der Waals surface area contributed by atoms with Crippen molar-refractivity contribution >= 4 is 39.6 Å². The van der Waals surface area contributed by atoms with Crippen LogP contribution >= 0.6 is 11.6 Å². The number of nitrogens with zero attached hydrogens (tertiary/aromatic N) is 2. The minimum absolute atomic E-state index is 0.0492. The molecule has 1 fully saturated rings. The van der Waals surface area contributed by atoms with E-state index in [4.69, 9.17) is 11.6 Å². The lowest BCUT2D eigenvalue weighted by Crippen LogP contribution is -2.40. The van der Waals surface area contributed by atoms with Gasteiger partial charge in [-0.1, -0.05) is 48.0 Å². The summed E-state index contributed by atoms with van der Waals surface area (Å²) in [5.74, 6) is -0.205. The van der Waals surface area contributed by atoms with Crippen LogP contribution in [0.25, 0.3) is 27.4 Å². The van der Waals surface area contributed by atoms with E-state index in [1.165, 1.54) is 4.40 Å². The van der Waals surface area contributed by atoms with E-state index in [-0.39, 0.29) is 23.8 Å². The molecule has 0 atom stereocenters. The summed E-state index contributed by atoms with van der Waals surface area (Å²) in [7, 11) is 0. The standard InChI is InChI=1S/C25H19ClN2O3/c26-18-9-8-17-10-12-28-23(20(17)13-18)22(24(30)27-11-4-7-19(29)15-27)14-21(25(28)31)16-5-2-1-3-6-16/h1-3,5-6,8-10,12-14H,4,7,11,15H2. The Morgan fingerprint density at radius 3 is 2.55 bits per heavy atom.